The van der Waals surface area contributed by atoms with Gasteiger partial charge in [0.25, 0.3) is 0 Å². The maximum absolute atomic E-state index is 12.3. The SMILES string of the molecule is Cc1ccc(-n2nnnc2SC(C)C(=O)Nc2cc(C)on2)c(C)c1. The number of amides is 1. The van der Waals surface area contributed by atoms with E-state index >= 15 is 0 Å². The highest BCUT2D eigenvalue weighted by Crippen LogP contribution is 2.25. The fourth-order valence-corrected chi connectivity index (χ4v) is 3.11. The molecule has 2 heterocycles. The van der Waals surface area contributed by atoms with Gasteiger partial charge in [-0.15, -0.1) is 5.10 Å². The molecule has 130 valence electrons. The second-order valence-electron chi connectivity index (χ2n) is 5.74. The molecule has 25 heavy (non-hydrogen) atoms. The van der Waals surface area contributed by atoms with Crippen LogP contribution in [0.15, 0.2) is 33.9 Å². The first-order chi connectivity index (χ1) is 11.9. The number of rotatable bonds is 5. The summed E-state index contributed by atoms with van der Waals surface area (Å²) in [6.07, 6.45) is 0. The number of carbonyl (C=O) groups is 1. The average molecular weight is 358 g/mol. The summed E-state index contributed by atoms with van der Waals surface area (Å²) < 4.78 is 6.59. The molecule has 1 aromatic carbocycles. The molecule has 0 spiro atoms. The molecule has 0 fully saturated rings. The largest absolute Gasteiger partial charge is 0.360 e. The molecule has 9 heteroatoms. The third-order valence-electron chi connectivity index (χ3n) is 3.55. The van der Waals surface area contributed by atoms with Crippen LogP contribution in [0.2, 0.25) is 0 Å². The minimum Gasteiger partial charge on any atom is -0.360 e. The Kier molecular flexibility index (Phi) is 4.84. The van der Waals surface area contributed by atoms with Crippen LogP contribution in [0.3, 0.4) is 0 Å². The van der Waals surface area contributed by atoms with Crippen LogP contribution < -0.4 is 5.32 Å². The third-order valence-corrected chi connectivity index (χ3v) is 4.59. The quantitative estimate of drug-likeness (QED) is 0.700. The summed E-state index contributed by atoms with van der Waals surface area (Å²) in [6.45, 7) is 7.58. The average Bonchev–Trinajstić information content (AvgIpc) is 3.16. The van der Waals surface area contributed by atoms with Crippen LogP contribution in [-0.4, -0.2) is 36.5 Å². The number of hydrogen-bond acceptors (Lipinski definition) is 7. The van der Waals surface area contributed by atoms with Crippen LogP contribution in [0, 0.1) is 20.8 Å². The lowest BCUT2D eigenvalue weighted by Crippen LogP contribution is -2.23. The smallest absolute Gasteiger partial charge is 0.238 e. The molecule has 0 aliphatic heterocycles. The van der Waals surface area contributed by atoms with E-state index in [0.29, 0.717) is 16.7 Å². The zero-order chi connectivity index (χ0) is 18.0. The lowest BCUT2D eigenvalue weighted by molar-refractivity contribution is -0.115. The van der Waals surface area contributed by atoms with Gasteiger partial charge in [-0.25, -0.2) is 0 Å². The summed E-state index contributed by atoms with van der Waals surface area (Å²) in [5.74, 6) is 0.826. The topological polar surface area (TPSA) is 98.7 Å². The molecule has 1 unspecified atom stereocenters. The van der Waals surface area contributed by atoms with Crippen LogP contribution in [0.1, 0.15) is 23.8 Å². The van der Waals surface area contributed by atoms with Gasteiger partial charge in [0.05, 0.1) is 10.9 Å². The molecule has 3 aromatic rings. The number of nitrogens with one attached hydrogen (secondary N) is 1. The van der Waals surface area contributed by atoms with Crippen LogP contribution in [0.4, 0.5) is 5.82 Å². The monoisotopic (exact) mass is 358 g/mol. The van der Waals surface area contributed by atoms with Crippen molar-refractivity contribution in [2.75, 3.05) is 5.32 Å². The Labute approximate surface area is 149 Å². The Morgan fingerprint density at radius 2 is 2.08 bits per heavy atom. The maximum Gasteiger partial charge on any atom is 0.238 e. The number of hydrogen-bond donors (Lipinski definition) is 1. The highest BCUT2D eigenvalue weighted by atomic mass is 32.2. The predicted molar refractivity (Wildman–Crippen MR) is 93.8 cm³/mol. The van der Waals surface area contributed by atoms with Gasteiger partial charge in [-0.3, -0.25) is 4.79 Å². The van der Waals surface area contributed by atoms with E-state index in [4.69, 9.17) is 4.52 Å². The summed E-state index contributed by atoms with van der Waals surface area (Å²) >= 11 is 1.28. The number of carbonyl (C=O) groups excluding carboxylic acids is 1. The molecule has 0 bridgehead atoms. The highest BCUT2D eigenvalue weighted by molar-refractivity contribution is 8.00. The number of anilines is 1. The molecule has 1 amide bonds. The lowest BCUT2D eigenvalue weighted by Gasteiger charge is -2.11. The molecule has 8 nitrogen and oxygen atoms in total. The van der Waals surface area contributed by atoms with E-state index in [-0.39, 0.29) is 5.91 Å². The van der Waals surface area contributed by atoms with Crippen molar-refractivity contribution in [2.24, 2.45) is 0 Å². The molecule has 1 N–H and O–H groups in total. The Hall–Kier alpha value is -2.68. The van der Waals surface area contributed by atoms with Gasteiger partial charge in [0, 0.05) is 6.07 Å². The van der Waals surface area contributed by atoms with Crippen molar-refractivity contribution in [1.82, 2.24) is 25.4 Å². The summed E-state index contributed by atoms with van der Waals surface area (Å²) in [5.41, 5.74) is 3.11. The van der Waals surface area contributed by atoms with Gasteiger partial charge in [-0.2, -0.15) is 4.68 Å². The first-order valence-corrected chi connectivity index (χ1v) is 8.59. The molecular formula is C16H18N6O2S. The van der Waals surface area contributed by atoms with Crippen molar-refractivity contribution in [3.05, 3.63) is 41.2 Å². The molecule has 3 rings (SSSR count). The fourth-order valence-electron chi connectivity index (χ4n) is 2.31. The minimum atomic E-state index is -0.410. The van der Waals surface area contributed by atoms with Gasteiger partial charge in [-0.1, -0.05) is 34.6 Å². The van der Waals surface area contributed by atoms with Gasteiger partial charge >= 0.3 is 0 Å². The molecule has 0 aliphatic carbocycles. The zero-order valence-electron chi connectivity index (χ0n) is 14.3. The van der Waals surface area contributed by atoms with Crippen molar-refractivity contribution in [3.8, 4) is 5.69 Å². The normalized spacial score (nSPS) is 12.2. The van der Waals surface area contributed by atoms with Gasteiger partial charge in [-0.05, 0) is 49.8 Å². The van der Waals surface area contributed by atoms with Crippen molar-refractivity contribution in [3.63, 3.8) is 0 Å². The number of nitrogens with zero attached hydrogens (tertiary/aromatic N) is 5. The molecule has 2 aromatic heterocycles. The fraction of sp³-hybridized carbons (Fsp3) is 0.312. The number of thioether (sulfide) groups is 1. The van der Waals surface area contributed by atoms with E-state index in [0.717, 1.165) is 11.3 Å². The van der Waals surface area contributed by atoms with E-state index in [1.165, 1.54) is 17.3 Å². The molecule has 0 radical (unpaired) electrons. The Bertz CT molecular complexity index is 904. The van der Waals surface area contributed by atoms with E-state index in [1.807, 2.05) is 26.0 Å². The molecular weight excluding hydrogens is 340 g/mol. The highest BCUT2D eigenvalue weighted by Gasteiger charge is 2.20. The number of benzene rings is 1. The first kappa shape index (κ1) is 17.2. The predicted octanol–water partition coefficient (Wildman–Crippen LogP) is 2.69. The van der Waals surface area contributed by atoms with E-state index < -0.39 is 5.25 Å². The van der Waals surface area contributed by atoms with E-state index in [9.17, 15) is 4.79 Å². The molecule has 0 aliphatic rings. The van der Waals surface area contributed by atoms with Gasteiger partial charge in [0.1, 0.15) is 5.76 Å². The van der Waals surface area contributed by atoms with Crippen molar-refractivity contribution in [2.45, 2.75) is 38.1 Å². The van der Waals surface area contributed by atoms with Crippen LogP contribution >= 0.6 is 11.8 Å². The van der Waals surface area contributed by atoms with Crippen LogP contribution in [0.5, 0.6) is 0 Å². The van der Waals surface area contributed by atoms with Crippen molar-refractivity contribution < 1.29 is 9.32 Å². The van der Waals surface area contributed by atoms with Crippen LogP contribution in [-0.2, 0) is 4.79 Å². The van der Waals surface area contributed by atoms with Crippen molar-refractivity contribution in [1.29, 1.82) is 0 Å². The Morgan fingerprint density at radius 3 is 2.76 bits per heavy atom. The second kappa shape index (κ2) is 7.06. The van der Waals surface area contributed by atoms with Gasteiger partial charge < -0.3 is 9.84 Å². The number of aryl methyl sites for hydroxylation is 3. The zero-order valence-corrected chi connectivity index (χ0v) is 15.2. The minimum absolute atomic E-state index is 0.200. The Morgan fingerprint density at radius 1 is 1.28 bits per heavy atom. The van der Waals surface area contributed by atoms with Crippen molar-refractivity contribution >= 4 is 23.5 Å². The first-order valence-electron chi connectivity index (χ1n) is 7.71. The summed E-state index contributed by atoms with van der Waals surface area (Å²) in [7, 11) is 0. The summed E-state index contributed by atoms with van der Waals surface area (Å²) in [4.78, 5) is 12.3. The van der Waals surface area contributed by atoms with Crippen LogP contribution in [0.25, 0.3) is 5.69 Å². The summed E-state index contributed by atoms with van der Waals surface area (Å²) in [6, 6.07) is 7.69. The molecule has 1 atom stereocenters. The second-order valence-corrected chi connectivity index (χ2v) is 7.04. The van der Waals surface area contributed by atoms with Gasteiger partial charge in [0.15, 0.2) is 5.82 Å². The van der Waals surface area contributed by atoms with E-state index in [1.54, 1.807) is 24.6 Å². The maximum atomic E-state index is 12.3. The Balaban J connectivity index is 1.75. The standard InChI is InChI=1S/C16H18N6O2S/c1-9-5-6-13(10(2)7-9)22-16(18-20-21-22)25-12(4)15(23)17-14-8-11(3)24-19-14/h5-8,12H,1-4H3,(H,17,19,23). The molecule has 0 saturated carbocycles. The summed E-state index contributed by atoms with van der Waals surface area (Å²) in [5, 5.41) is 18.4. The number of tetrazole rings is 1. The number of aromatic nitrogens is 5. The van der Waals surface area contributed by atoms with E-state index in [2.05, 4.69) is 32.1 Å². The molecule has 0 saturated heterocycles. The third kappa shape index (κ3) is 3.87. The van der Waals surface area contributed by atoms with Gasteiger partial charge in [0.2, 0.25) is 11.1 Å². The lowest BCUT2D eigenvalue weighted by atomic mass is 10.1.